The van der Waals surface area contributed by atoms with E-state index in [1.807, 2.05) is 0 Å². The van der Waals surface area contributed by atoms with Gasteiger partial charge in [0.2, 0.25) is 5.91 Å². The van der Waals surface area contributed by atoms with Gasteiger partial charge in [-0.1, -0.05) is 18.2 Å². The number of primary amides is 1. The van der Waals surface area contributed by atoms with Crippen LogP contribution in [0.5, 0.6) is 0 Å². The molecule has 0 aliphatic carbocycles. The van der Waals surface area contributed by atoms with Gasteiger partial charge in [0.05, 0.1) is 28.9 Å². The lowest BCUT2D eigenvalue weighted by Gasteiger charge is -2.16. The minimum atomic E-state index is -1.09. The van der Waals surface area contributed by atoms with Crippen molar-refractivity contribution in [3.05, 3.63) is 70.7 Å². The van der Waals surface area contributed by atoms with Gasteiger partial charge >= 0.3 is 5.97 Å². The van der Waals surface area contributed by atoms with E-state index in [0.717, 1.165) is 5.56 Å². The molecule has 8 heteroatoms. The van der Waals surface area contributed by atoms with Gasteiger partial charge in [0.15, 0.2) is 5.78 Å². The number of nitrogens with zero attached hydrogens (tertiary/aromatic N) is 2. The number of aliphatic imine (C=N–C) groups is 1. The Hall–Kier alpha value is -3.81. The first-order valence-corrected chi connectivity index (χ1v) is 8.85. The molecule has 0 bridgehead atoms. The highest BCUT2D eigenvalue weighted by Crippen LogP contribution is 2.33. The number of carboxylic acid groups (broad SMARTS) is 1. The van der Waals surface area contributed by atoms with Gasteiger partial charge in [0.1, 0.15) is 12.4 Å². The summed E-state index contributed by atoms with van der Waals surface area (Å²) in [6.07, 6.45) is -0.369. The van der Waals surface area contributed by atoms with Crippen LogP contribution < -0.4 is 5.73 Å². The van der Waals surface area contributed by atoms with Crippen molar-refractivity contribution in [1.82, 2.24) is 4.57 Å². The van der Waals surface area contributed by atoms with E-state index in [1.165, 1.54) is 18.2 Å². The molecule has 0 saturated carbocycles. The number of aliphatic carboxylic acids is 1. The van der Waals surface area contributed by atoms with Crippen LogP contribution in [0.25, 0.3) is 10.9 Å². The van der Waals surface area contributed by atoms with E-state index in [1.54, 1.807) is 28.8 Å². The third-order valence-electron chi connectivity index (χ3n) is 4.89. The molecule has 29 heavy (non-hydrogen) atoms. The van der Waals surface area contributed by atoms with Gasteiger partial charge in [-0.05, 0) is 29.8 Å². The number of ketones is 1. The second-order valence-corrected chi connectivity index (χ2v) is 6.76. The van der Waals surface area contributed by atoms with E-state index >= 15 is 0 Å². The van der Waals surface area contributed by atoms with E-state index < -0.39 is 11.9 Å². The molecular weight excluding hydrogens is 377 g/mol. The molecule has 2 aromatic carbocycles. The Bertz CT molecular complexity index is 1210. The Morgan fingerprint density at radius 3 is 2.55 bits per heavy atom. The van der Waals surface area contributed by atoms with Crippen LogP contribution in [0.4, 0.5) is 4.39 Å². The minimum absolute atomic E-state index is 0.182. The number of carbonyl (C=O) groups is 3. The molecule has 3 N–H and O–H groups in total. The van der Waals surface area contributed by atoms with Gasteiger partial charge in [-0.25, -0.2) is 4.39 Å². The fourth-order valence-corrected chi connectivity index (χ4v) is 3.72. The number of fused-ring (bicyclic) bond motifs is 3. The van der Waals surface area contributed by atoms with E-state index in [9.17, 15) is 23.9 Å². The number of amides is 1. The molecule has 3 aromatic rings. The molecule has 0 saturated heterocycles. The van der Waals surface area contributed by atoms with E-state index in [-0.39, 0.29) is 47.9 Å². The standard InChI is InChI=1S/C21H16FN3O4/c22-12-6-4-11(5-7-12)10-25-15-3-1-2-13(21(23)29)18(15)19-16(26)9-24-14(20(19)25)8-17(27)28/h1-7H,8-10H2,(H2,23,29)(H,27,28). The number of halogens is 1. The smallest absolute Gasteiger partial charge is 0.309 e. The first-order chi connectivity index (χ1) is 13.9. The molecule has 1 amide bonds. The number of hydrogen-bond acceptors (Lipinski definition) is 4. The number of aromatic nitrogens is 1. The van der Waals surface area contributed by atoms with Crippen LogP contribution in [-0.4, -0.2) is 39.6 Å². The summed E-state index contributed by atoms with van der Waals surface area (Å²) in [5, 5.41) is 9.68. The molecule has 0 atom stereocenters. The summed E-state index contributed by atoms with van der Waals surface area (Å²) >= 11 is 0. The van der Waals surface area contributed by atoms with Crippen LogP contribution in [0.2, 0.25) is 0 Å². The maximum absolute atomic E-state index is 13.3. The molecule has 2 heterocycles. The number of carboxylic acids is 1. The summed E-state index contributed by atoms with van der Waals surface area (Å²) < 4.78 is 15.0. The molecule has 7 nitrogen and oxygen atoms in total. The third-order valence-corrected chi connectivity index (χ3v) is 4.89. The Morgan fingerprint density at radius 1 is 1.17 bits per heavy atom. The van der Waals surface area contributed by atoms with Crippen molar-refractivity contribution in [3.63, 3.8) is 0 Å². The zero-order valence-corrected chi connectivity index (χ0v) is 15.2. The maximum Gasteiger partial charge on any atom is 0.309 e. The van der Waals surface area contributed by atoms with Gasteiger partial charge in [-0.2, -0.15) is 0 Å². The summed E-state index contributed by atoms with van der Waals surface area (Å²) in [5.41, 5.74) is 7.87. The summed E-state index contributed by atoms with van der Waals surface area (Å²) in [6, 6.07) is 10.7. The number of nitrogens with two attached hydrogens (primary N) is 1. The van der Waals surface area contributed by atoms with Crippen molar-refractivity contribution in [2.45, 2.75) is 13.0 Å². The molecule has 4 rings (SSSR count). The molecular formula is C21H16FN3O4. The number of rotatable bonds is 5. The molecule has 1 aliphatic heterocycles. The predicted molar refractivity (Wildman–Crippen MR) is 104 cm³/mol. The summed E-state index contributed by atoms with van der Waals surface area (Å²) in [4.78, 5) is 40.3. The van der Waals surface area contributed by atoms with Gasteiger partial charge in [-0.15, -0.1) is 0 Å². The minimum Gasteiger partial charge on any atom is -0.481 e. The van der Waals surface area contributed by atoms with Crippen LogP contribution in [0.15, 0.2) is 47.5 Å². The number of Topliss-reactive ketones (excluding diaryl/α,β-unsaturated/α-hetero) is 1. The molecule has 0 fully saturated rings. The third kappa shape index (κ3) is 3.18. The molecule has 0 unspecified atom stereocenters. The van der Waals surface area contributed by atoms with Crippen LogP contribution in [0.1, 0.15) is 38.4 Å². The lowest BCUT2D eigenvalue weighted by molar-refractivity contribution is -0.135. The molecule has 146 valence electrons. The average Bonchev–Trinajstić information content (AvgIpc) is 3.01. The Kier molecular flexibility index (Phi) is 4.46. The summed E-state index contributed by atoms with van der Waals surface area (Å²) in [7, 11) is 0. The van der Waals surface area contributed by atoms with Crippen molar-refractivity contribution in [2.24, 2.45) is 10.7 Å². The van der Waals surface area contributed by atoms with Gasteiger partial charge in [0.25, 0.3) is 0 Å². The number of carbonyl (C=O) groups excluding carboxylic acids is 2. The second-order valence-electron chi connectivity index (χ2n) is 6.76. The quantitative estimate of drug-likeness (QED) is 0.692. The van der Waals surface area contributed by atoms with Crippen molar-refractivity contribution in [2.75, 3.05) is 6.54 Å². The van der Waals surface area contributed by atoms with Crippen LogP contribution >= 0.6 is 0 Å². The zero-order valence-electron chi connectivity index (χ0n) is 15.2. The van der Waals surface area contributed by atoms with Gasteiger partial charge in [-0.3, -0.25) is 19.4 Å². The van der Waals surface area contributed by atoms with Crippen LogP contribution in [-0.2, 0) is 11.3 Å². The van der Waals surface area contributed by atoms with E-state index in [0.29, 0.717) is 16.6 Å². The van der Waals surface area contributed by atoms with E-state index in [2.05, 4.69) is 4.99 Å². The highest BCUT2D eigenvalue weighted by molar-refractivity contribution is 6.26. The fraction of sp³-hybridized carbons (Fsp3) is 0.143. The Labute approximate surface area is 164 Å². The lowest BCUT2D eigenvalue weighted by atomic mass is 9.96. The van der Waals surface area contributed by atoms with Crippen LogP contribution in [0, 0.1) is 5.82 Å². The molecule has 1 aromatic heterocycles. The topological polar surface area (TPSA) is 115 Å². The summed E-state index contributed by atoms with van der Waals surface area (Å²) in [6.45, 7) is 0.0403. The van der Waals surface area contributed by atoms with Crippen LogP contribution in [0.3, 0.4) is 0 Å². The zero-order chi connectivity index (χ0) is 20.7. The predicted octanol–water partition coefficient (Wildman–Crippen LogP) is 2.39. The van der Waals surface area contributed by atoms with Crippen molar-refractivity contribution < 1.29 is 23.9 Å². The van der Waals surface area contributed by atoms with Crippen molar-refractivity contribution in [1.29, 1.82) is 0 Å². The molecule has 0 spiro atoms. The lowest BCUT2D eigenvalue weighted by Crippen LogP contribution is -2.24. The molecule has 1 aliphatic rings. The highest BCUT2D eigenvalue weighted by atomic mass is 19.1. The Morgan fingerprint density at radius 2 is 1.90 bits per heavy atom. The normalized spacial score (nSPS) is 13.3. The number of hydrogen-bond donors (Lipinski definition) is 2. The highest BCUT2D eigenvalue weighted by Gasteiger charge is 2.31. The van der Waals surface area contributed by atoms with E-state index in [4.69, 9.17) is 5.73 Å². The van der Waals surface area contributed by atoms with Gasteiger partial charge < -0.3 is 15.4 Å². The first kappa shape index (κ1) is 18.5. The first-order valence-electron chi connectivity index (χ1n) is 8.85. The SMILES string of the molecule is NC(=O)c1cccc2c1c1c(n2Cc2ccc(F)cc2)C(CC(=O)O)=NCC1=O. The van der Waals surface area contributed by atoms with Gasteiger partial charge in [0, 0.05) is 17.5 Å². The van der Waals surface area contributed by atoms with Crippen molar-refractivity contribution in [3.8, 4) is 0 Å². The fourth-order valence-electron chi connectivity index (χ4n) is 3.72. The monoisotopic (exact) mass is 393 g/mol. The Balaban J connectivity index is 2.03. The molecule has 0 radical (unpaired) electrons. The average molecular weight is 393 g/mol. The maximum atomic E-state index is 13.3. The largest absolute Gasteiger partial charge is 0.481 e. The number of benzene rings is 2. The van der Waals surface area contributed by atoms with Crippen molar-refractivity contribution >= 4 is 34.3 Å². The summed E-state index contributed by atoms with van der Waals surface area (Å²) in [5.74, 6) is -2.47. The second kappa shape index (κ2) is 6.97.